The van der Waals surface area contributed by atoms with E-state index in [4.69, 9.17) is 15.6 Å². The van der Waals surface area contributed by atoms with Gasteiger partial charge in [0.1, 0.15) is 5.75 Å². The number of carboxylic acid groups (broad SMARTS) is 1. The summed E-state index contributed by atoms with van der Waals surface area (Å²) < 4.78 is 43.4. The van der Waals surface area contributed by atoms with Crippen LogP contribution in [0, 0.1) is 0 Å². The van der Waals surface area contributed by atoms with Gasteiger partial charge in [0.15, 0.2) is 11.4 Å². The first-order valence-corrected chi connectivity index (χ1v) is 11.6. The Labute approximate surface area is 212 Å². The number of rotatable bonds is 8. The van der Waals surface area contributed by atoms with Gasteiger partial charge < -0.3 is 20.9 Å². The highest BCUT2D eigenvalue weighted by molar-refractivity contribution is 5.92. The minimum Gasteiger partial charge on any atom is -0.497 e. The van der Waals surface area contributed by atoms with Crippen LogP contribution >= 0.6 is 0 Å². The van der Waals surface area contributed by atoms with Crippen LogP contribution in [0.25, 0.3) is 5.69 Å². The van der Waals surface area contributed by atoms with Crippen molar-refractivity contribution in [2.45, 2.75) is 37.3 Å². The molecule has 0 bridgehead atoms. The summed E-state index contributed by atoms with van der Waals surface area (Å²) >= 11 is 0. The Morgan fingerprint density at radius 2 is 1.76 bits per heavy atom. The van der Waals surface area contributed by atoms with Crippen LogP contribution in [-0.2, 0) is 11.6 Å². The lowest BCUT2D eigenvalue weighted by Crippen LogP contribution is -2.36. The van der Waals surface area contributed by atoms with Crippen LogP contribution in [-0.4, -0.2) is 47.5 Å². The monoisotopic (exact) mass is 518 g/mol. The zero-order valence-electron chi connectivity index (χ0n) is 20.5. The largest absolute Gasteiger partial charge is 0.497 e. The Hall–Kier alpha value is -3.86. The number of amides is 1. The summed E-state index contributed by atoms with van der Waals surface area (Å²) in [5, 5.41) is 15.5. The standard InChI is InChI=1S/C14H20N2O.C12H9F3N2O3/c1-16-10-9-14(7-2-8-14)12-5-3-11(4-6-12)13(15)17;1-20-8-4-2-7(3-5-8)17-9(11(18)19)6-10(16-17)12(13,14)15/h3-6,16H,2,7-10H2,1H3,(H2,15,17);2-6H,1H3,(H,18,19). The first-order valence-electron chi connectivity index (χ1n) is 11.6. The number of benzene rings is 2. The predicted octanol–water partition coefficient (Wildman–Crippen LogP) is 4.41. The summed E-state index contributed by atoms with van der Waals surface area (Å²) in [6.45, 7) is 1.04. The average Bonchev–Trinajstić information content (AvgIpc) is 3.31. The van der Waals surface area contributed by atoms with Crippen molar-refractivity contribution in [1.29, 1.82) is 0 Å². The van der Waals surface area contributed by atoms with Crippen molar-refractivity contribution >= 4 is 11.9 Å². The number of nitrogens with two attached hydrogens (primary N) is 1. The van der Waals surface area contributed by atoms with Gasteiger partial charge in [-0.05, 0) is 80.2 Å². The number of methoxy groups -OCH3 is 1. The molecule has 8 nitrogen and oxygen atoms in total. The molecule has 4 N–H and O–H groups in total. The Balaban J connectivity index is 0.000000208. The maximum Gasteiger partial charge on any atom is 0.435 e. The van der Waals surface area contributed by atoms with Crippen molar-refractivity contribution in [2.75, 3.05) is 20.7 Å². The molecule has 1 aromatic heterocycles. The molecule has 1 aliphatic rings. The highest BCUT2D eigenvalue weighted by atomic mass is 19.4. The molecule has 11 heteroatoms. The zero-order chi connectivity index (χ0) is 27.2. The van der Waals surface area contributed by atoms with Crippen LogP contribution in [0.1, 0.15) is 57.8 Å². The summed E-state index contributed by atoms with van der Waals surface area (Å²) in [5.41, 5.74) is 5.90. The molecule has 0 spiro atoms. The van der Waals surface area contributed by atoms with Crippen LogP contribution in [0.4, 0.5) is 13.2 Å². The third-order valence-electron chi connectivity index (χ3n) is 6.48. The van der Waals surface area contributed by atoms with E-state index >= 15 is 0 Å². The SMILES string of the molecule is CNCCC1(c2ccc(C(N)=O)cc2)CCC1.COc1ccc(-n2nc(C(F)(F)F)cc2C(=O)O)cc1. The molecule has 37 heavy (non-hydrogen) atoms. The number of ether oxygens (including phenoxy) is 1. The second kappa shape index (κ2) is 11.5. The molecule has 0 atom stereocenters. The minimum atomic E-state index is -4.71. The second-order valence-electron chi connectivity index (χ2n) is 8.76. The molecule has 0 saturated heterocycles. The molecule has 2 aromatic carbocycles. The van der Waals surface area contributed by atoms with Gasteiger partial charge in [-0.1, -0.05) is 18.6 Å². The fourth-order valence-electron chi connectivity index (χ4n) is 4.23. The van der Waals surface area contributed by atoms with Gasteiger partial charge in [-0.3, -0.25) is 4.79 Å². The van der Waals surface area contributed by atoms with Crippen molar-refractivity contribution in [3.63, 3.8) is 0 Å². The van der Waals surface area contributed by atoms with Gasteiger partial charge in [0, 0.05) is 11.6 Å². The average molecular weight is 519 g/mol. The fourth-order valence-corrected chi connectivity index (χ4v) is 4.23. The van der Waals surface area contributed by atoms with E-state index in [1.165, 1.54) is 62.6 Å². The Bertz CT molecular complexity index is 1220. The predicted molar refractivity (Wildman–Crippen MR) is 131 cm³/mol. The number of hydrogen-bond donors (Lipinski definition) is 3. The maximum absolute atomic E-state index is 12.6. The van der Waals surface area contributed by atoms with Crippen molar-refractivity contribution in [3.05, 3.63) is 77.1 Å². The molecule has 0 aliphatic heterocycles. The van der Waals surface area contributed by atoms with E-state index < -0.39 is 23.5 Å². The molecule has 4 rings (SSSR count). The first-order chi connectivity index (χ1) is 17.5. The molecule has 1 amide bonds. The number of aromatic carboxylic acids is 1. The maximum atomic E-state index is 12.6. The minimum absolute atomic E-state index is 0.193. The summed E-state index contributed by atoms with van der Waals surface area (Å²) in [5.74, 6) is -1.35. The van der Waals surface area contributed by atoms with E-state index in [-0.39, 0.29) is 11.6 Å². The lowest BCUT2D eigenvalue weighted by atomic mass is 9.62. The quantitative estimate of drug-likeness (QED) is 0.406. The molecule has 198 valence electrons. The number of aromatic nitrogens is 2. The smallest absolute Gasteiger partial charge is 0.435 e. The Kier molecular flexibility index (Phi) is 8.59. The van der Waals surface area contributed by atoms with E-state index in [9.17, 15) is 22.8 Å². The van der Waals surface area contributed by atoms with Gasteiger partial charge in [0.05, 0.1) is 12.8 Å². The molecule has 1 heterocycles. The summed E-state index contributed by atoms with van der Waals surface area (Å²) in [6.07, 6.45) is 0.276. The summed E-state index contributed by atoms with van der Waals surface area (Å²) in [7, 11) is 3.43. The third-order valence-corrected chi connectivity index (χ3v) is 6.48. The van der Waals surface area contributed by atoms with Crippen molar-refractivity contribution in [3.8, 4) is 11.4 Å². The molecule has 0 unspecified atom stereocenters. The summed E-state index contributed by atoms with van der Waals surface area (Å²) in [6, 6.07) is 14.1. The molecular weight excluding hydrogens is 489 g/mol. The number of carbonyl (C=O) groups is 2. The topological polar surface area (TPSA) is 119 Å². The van der Waals surface area contributed by atoms with Crippen LogP contribution in [0.5, 0.6) is 5.75 Å². The molecular formula is C26H29F3N4O4. The number of carboxylic acids is 1. The fraction of sp³-hybridized carbons (Fsp3) is 0.346. The number of nitrogens with one attached hydrogen (secondary N) is 1. The number of carbonyl (C=O) groups excluding carboxylic acids is 1. The lowest BCUT2D eigenvalue weighted by Gasteiger charge is -2.43. The van der Waals surface area contributed by atoms with Crippen LogP contribution in [0.2, 0.25) is 0 Å². The first kappa shape index (κ1) is 27.7. The number of nitrogens with zero attached hydrogens (tertiary/aromatic N) is 2. The van der Waals surface area contributed by atoms with Gasteiger partial charge in [-0.25, -0.2) is 9.48 Å². The van der Waals surface area contributed by atoms with Gasteiger partial charge in [0.25, 0.3) is 0 Å². The number of hydrogen-bond acceptors (Lipinski definition) is 5. The zero-order valence-corrected chi connectivity index (χ0v) is 20.5. The van der Waals surface area contributed by atoms with Crippen molar-refractivity contribution in [1.82, 2.24) is 15.1 Å². The van der Waals surface area contributed by atoms with E-state index in [1.807, 2.05) is 19.2 Å². The van der Waals surface area contributed by atoms with Crippen LogP contribution in [0.15, 0.2) is 54.6 Å². The molecule has 1 saturated carbocycles. The van der Waals surface area contributed by atoms with E-state index in [2.05, 4.69) is 22.5 Å². The molecule has 1 fully saturated rings. The molecule has 1 aliphatic carbocycles. The second-order valence-corrected chi connectivity index (χ2v) is 8.76. The van der Waals surface area contributed by atoms with Crippen LogP contribution < -0.4 is 15.8 Å². The van der Waals surface area contributed by atoms with E-state index in [0.29, 0.717) is 22.8 Å². The van der Waals surface area contributed by atoms with E-state index in [0.717, 1.165) is 11.2 Å². The highest BCUT2D eigenvalue weighted by Crippen LogP contribution is 2.46. The van der Waals surface area contributed by atoms with Crippen LogP contribution in [0.3, 0.4) is 0 Å². The normalized spacial score (nSPS) is 14.2. The number of alkyl halides is 3. The highest BCUT2D eigenvalue weighted by Gasteiger charge is 2.38. The third kappa shape index (κ3) is 6.48. The number of primary amides is 1. The van der Waals surface area contributed by atoms with Gasteiger partial charge in [-0.15, -0.1) is 0 Å². The molecule has 0 radical (unpaired) electrons. The lowest BCUT2D eigenvalue weighted by molar-refractivity contribution is -0.141. The molecule has 3 aromatic rings. The van der Waals surface area contributed by atoms with Gasteiger partial charge >= 0.3 is 12.1 Å². The van der Waals surface area contributed by atoms with Crippen molar-refractivity contribution in [2.24, 2.45) is 5.73 Å². The summed E-state index contributed by atoms with van der Waals surface area (Å²) in [4.78, 5) is 22.0. The van der Waals surface area contributed by atoms with Gasteiger partial charge in [-0.2, -0.15) is 18.3 Å². The Morgan fingerprint density at radius 3 is 2.19 bits per heavy atom. The van der Waals surface area contributed by atoms with Gasteiger partial charge in [0.2, 0.25) is 5.91 Å². The van der Waals surface area contributed by atoms with E-state index in [1.54, 1.807) is 0 Å². The number of halogens is 3. The Morgan fingerprint density at radius 1 is 1.14 bits per heavy atom. The van der Waals surface area contributed by atoms with Crippen molar-refractivity contribution < 1.29 is 32.6 Å².